The summed E-state index contributed by atoms with van der Waals surface area (Å²) in [6.45, 7) is 0.567. The van der Waals surface area contributed by atoms with Gasteiger partial charge >= 0.3 is 0 Å². The van der Waals surface area contributed by atoms with Crippen molar-refractivity contribution in [2.75, 3.05) is 18.0 Å². The minimum absolute atomic E-state index is 0.0899. The standard InChI is InChI=1S/C26H27ClF2N4O/c27-22-7-6-20(24(34)31-18-12-25(13-18)8-1-9-25)23-21(22)14-30-33(23)15-17-2-4-19(5-3-17)32-11-10-26(28,29)16-32/h2-7,14,18H,1,8-13,15-16H2,(H,31,34). The molecule has 1 saturated heterocycles. The second-order valence-electron chi connectivity index (χ2n) is 10.3. The molecule has 5 nitrogen and oxygen atoms in total. The third kappa shape index (κ3) is 3.84. The van der Waals surface area contributed by atoms with Gasteiger partial charge in [-0.2, -0.15) is 5.10 Å². The van der Waals surface area contributed by atoms with Crippen LogP contribution in [0.3, 0.4) is 0 Å². The van der Waals surface area contributed by atoms with E-state index in [2.05, 4.69) is 10.4 Å². The van der Waals surface area contributed by atoms with E-state index >= 15 is 0 Å². The molecule has 34 heavy (non-hydrogen) atoms. The van der Waals surface area contributed by atoms with Gasteiger partial charge in [0.2, 0.25) is 0 Å². The van der Waals surface area contributed by atoms with Gasteiger partial charge in [0.05, 0.1) is 35.4 Å². The molecule has 0 unspecified atom stereocenters. The van der Waals surface area contributed by atoms with E-state index in [4.69, 9.17) is 11.6 Å². The number of hydrogen-bond donors (Lipinski definition) is 1. The van der Waals surface area contributed by atoms with Crippen LogP contribution in [0.25, 0.3) is 10.9 Å². The summed E-state index contributed by atoms with van der Waals surface area (Å²) in [4.78, 5) is 14.9. The van der Waals surface area contributed by atoms with Crippen molar-refractivity contribution in [2.45, 2.75) is 57.0 Å². The molecule has 0 radical (unpaired) electrons. The molecule has 8 heteroatoms. The van der Waals surface area contributed by atoms with Crippen LogP contribution in [-0.2, 0) is 6.54 Å². The van der Waals surface area contributed by atoms with E-state index in [1.54, 1.807) is 27.9 Å². The summed E-state index contributed by atoms with van der Waals surface area (Å²) in [6, 6.07) is 11.4. The van der Waals surface area contributed by atoms with Crippen LogP contribution in [0.15, 0.2) is 42.6 Å². The molecule has 2 heterocycles. The van der Waals surface area contributed by atoms with Crippen LogP contribution in [-0.4, -0.2) is 40.7 Å². The lowest BCUT2D eigenvalue weighted by Gasteiger charge is -2.54. The third-order valence-electron chi connectivity index (χ3n) is 7.90. The lowest BCUT2D eigenvalue weighted by atomic mass is 9.54. The highest BCUT2D eigenvalue weighted by molar-refractivity contribution is 6.36. The van der Waals surface area contributed by atoms with E-state index in [-0.39, 0.29) is 24.9 Å². The summed E-state index contributed by atoms with van der Waals surface area (Å²) in [5.41, 5.74) is 3.54. The van der Waals surface area contributed by atoms with Gasteiger partial charge in [-0.15, -0.1) is 0 Å². The topological polar surface area (TPSA) is 50.2 Å². The molecule has 3 aromatic rings. The maximum Gasteiger partial charge on any atom is 0.266 e. The van der Waals surface area contributed by atoms with E-state index in [0.717, 1.165) is 29.5 Å². The molecule has 1 aromatic heterocycles. The van der Waals surface area contributed by atoms with Gasteiger partial charge < -0.3 is 10.2 Å². The molecule has 2 aromatic carbocycles. The van der Waals surface area contributed by atoms with Crippen molar-refractivity contribution in [1.82, 2.24) is 15.1 Å². The average molecular weight is 485 g/mol. The molecule has 1 spiro atoms. The zero-order chi connectivity index (χ0) is 23.5. The number of amides is 1. The molecule has 3 fully saturated rings. The molecule has 178 valence electrons. The average Bonchev–Trinajstić information content (AvgIpc) is 3.33. The first-order valence-electron chi connectivity index (χ1n) is 12.0. The smallest absolute Gasteiger partial charge is 0.266 e. The summed E-state index contributed by atoms with van der Waals surface area (Å²) in [6.07, 6.45) is 7.62. The molecule has 3 aliphatic rings. The van der Waals surface area contributed by atoms with Gasteiger partial charge in [-0.25, -0.2) is 8.78 Å². The summed E-state index contributed by atoms with van der Waals surface area (Å²) < 4.78 is 28.9. The van der Waals surface area contributed by atoms with Gasteiger partial charge in [0.15, 0.2) is 0 Å². The van der Waals surface area contributed by atoms with Crippen LogP contribution in [0.1, 0.15) is 54.4 Å². The van der Waals surface area contributed by atoms with Crippen molar-refractivity contribution in [3.63, 3.8) is 0 Å². The first kappa shape index (κ1) is 21.8. The van der Waals surface area contributed by atoms with Crippen LogP contribution in [0, 0.1) is 5.41 Å². The Kier molecular flexibility index (Phi) is 5.10. The Morgan fingerprint density at radius 2 is 1.88 bits per heavy atom. The highest BCUT2D eigenvalue weighted by Crippen LogP contribution is 2.55. The predicted molar refractivity (Wildman–Crippen MR) is 129 cm³/mol. The van der Waals surface area contributed by atoms with Gasteiger partial charge in [-0.3, -0.25) is 9.48 Å². The number of benzene rings is 2. The highest BCUT2D eigenvalue weighted by Gasteiger charge is 2.48. The molecule has 2 saturated carbocycles. The largest absolute Gasteiger partial charge is 0.365 e. The number of alkyl halides is 2. The first-order chi connectivity index (χ1) is 16.3. The van der Waals surface area contributed by atoms with Crippen LogP contribution in [0.4, 0.5) is 14.5 Å². The van der Waals surface area contributed by atoms with Crippen LogP contribution >= 0.6 is 11.6 Å². The van der Waals surface area contributed by atoms with Crippen molar-refractivity contribution in [3.05, 3.63) is 58.7 Å². The monoisotopic (exact) mass is 484 g/mol. The lowest BCUT2D eigenvalue weighted by molar-refractivity contribution is -0.000612. The van der Waals surface area contributed by atoms with Gasteiger partial charge in [0.25, 0.3) is 11.8 Å². The molecule has 0 bridgehead atoms. The summed E-state index contributed by atoms with van der Waals surface area (Å²) in [7, 11) is 0. The van der Waals surface area contributed by atoms with Crippen molar-refractivity contribution in [2.24, 2.45) is 5.41 Å². The molecule has 6 rings (SSSR count). The minimum atomic E-state index is -2.62. The lowest BCUT2D eigenvalue weighted by Crippen LogP contribution is -2.53. The fraction of sp³-hybridized carbons (Fsp3) is 0.462. The molecule has 1 amide bonds. The molecule has 1 N–H and O–H groups in total. The van der Waals surface area contributed by atoms with E-state index in [9.17, 15) is 13.6 Å². The Hall–Kier alpha value is -2.67. The SMILES string of the molecule is O=C(NC1CC2(CCC2)C1)c1ccc(Cl)c2cnn(Cc3ccc(N4CCC(F)(F)C4)cc3)c12. The minimum Gasteiger partial charge on any atom is -0.365 e. The number of aromatic nitrogens is 2. The molecule has 0 atom stereocenters. The second-order valence-corrected chi connectivity index (χ2v) is 10.7. The van der Waals surface area contributed by atoms with Crippen LogP contribution in [0.5, 0.6) is 0 Å². The Morgan fingerprint density at radius 3 is 2.53 bits per heavy atom. The number of rotatable bonds is 5. The summed E-state index contributed by atoms with van der Waals surface area (Å²) in [5, 5.41) is 9.02. The number of nitrogens with one attached hydrogen (secondary N) is 1. The number of carbonyl (C=O) groups excluding carboxylic acids is 1. The number of carbonyl (C=O) groups is 1. The van der Waals surface area contributed by atoms with Crippen molar-refractivity contribution in [3.8, 4) is 0 Å². The highest BCUT2D eigenvalue weighted by atomic mass is 35.5. The second kappa shape index (κ2) is 7.94. The van der Waals surface area contributed by atoms with Crippen LogP contribution < -0.4 is 10.2 Å². The summed E-state index contributed by atoms with van der Waals surface area (Å²) >= 11 is 6.42. The predicted octanol–water partition coefficient (Wildman–Crippen LogP) is 5.65. The van der Waals surface area contributed by atoms with E-state index in [1.807, 2.05) is 24.3 Å². The Morgan fingerprint density at radius 1 is 1.12 bits per heavy atom. The van der Waals surface area contributed by atoms with Gasteiger partial charge in [0.1, 0.15) is 0 Å². The normalized spacial score (nSPS) is 21.0. The number of nitrogens with zero attached hydrogens (tertiary/aromatic N) is 3. The van der Waals surface area contributed by atoms with Crippen molar-refractivity contribution < 1.29 is 13.6 Å². The molecule has 2 aliphatic carbocycles. The number of anilines is 1. The Labute approximate surface area is 202 Å². The quantitative estimate of drug-likeness (QED) is 0.509. The maximum absolute atomic E-state index is 13.6. The fourth-order valence-corrected chi connectivity index (χ4v) is 6.05. The van der Waals surface area contributed by atoms with E-state index in [0.29, 0.717) is 34.6 Å². The van der Waals surface area contributed by atoms with E-state index in [1.165, 1.54) is 19.3 Å². The Bertz CT molecular complexity index is 1240. The number of hydrogen-bond acceptors (Lipinski definition) is 3. The molecule has 1 aliphatic heterocycles. The third-order valence-corrected chi connectivity index (χ3v) is 8.23. The maximum atomic E-state index is 13.6. The fourth-order valence-electron chi connectivity index (χ4n) is 5.85. The van der Waals surface area contributed by atoms with Gasteiger partial charge in [0, 0.05) is 30.1 Å². The van der Waals surface area contributed by atoms with Crippen molar-refractivity contribution >= 4 is 34.1 Å². The molecular formula is C26H27ClF2N4O. The van der Waals surface area contributed by atoms with Gasteiger partial charge in [-0.05, 0) is 60.9 Å². The zero-order valence-electron chi connectivity index (χ0n) is 18.9. The first-order valence-corrected chi connectivity index (χ1v) is 12.4. The van der Waals surface area contributed by atoms with Crippen LogP contribution in [0.2, 0.25) is 5.02 Å². The Balaban J connectivity index is 1.21. The summed E-state index contributed by atoms with van der Waals surface area (Å²) in [5.74, 6) is -2.71. The zero-order valence-corrected chi connectivity index (χ0v) is 19.6. The number of fused-ring (bicyclic) bond motifs is 1. The van der Waals surface area contributed by atoms with Crippen molar-refractivity contribution in [1.29, 1.82) is 0 Å². The number of halogens is 3. The molecular weight excluding hydrogens is 458 g/mol. The van der Waals surface area contributed by atoms with Gasteiger partial charge in [-0.1, -0.05) is 30.2 Å². The van der Waals surface area contributed by atoms with E-state index < -0.39 is 5.92 Å².